The molecule has 0 spiro atoms. The van der Waals surface area contributed by atoms with Crippen LogP contribution in [0.5, 0.6) is 5.75 Å². The molecule has 0 aliphatic carbocycles. The van der Waals surface area contributed by atoms with E-state index in [-0.39, 0.29) is 0 Å². The number of aliphatic hydroxyl groups is 1. The van der Waals surface area contributed by atoms with E-state index in [4.69, 9.17) is 10.3 Å². The first kappa shape index (κ1) is 15.5. The normalized spacial score (nSPS) is 12.3. The summed E-state index contributed by atoms with van der Waals surface area (Å²) >= 11 is 0. The molecular weight excluding hydrogens is 278 g/mol. The maximum absolute atomic E-state index is 10.6. The second-order valence-corrected chi connectivity index (χ2v) is 4.76. The van der Waals surface area contributed by atoms with Gasteiger partial charge in [-0.15, -0.1) is 0 Å². The van der Waals surface area contributed by atoms with Gasteiger partial charge >= 0.3 is 0 Å². The third kappa shape index (κ3) is 3.58. The number of benzene rings is 2. The van der Waals surface area contributed by atoms with Gasteiger partial charge in [0, 0.05) is 21.7 Å². The zero-order valence-electron chi connectivity index (χ0n) is 12.3. The predicted molar refractivity (Wildman–Crippen MR) is 84.7 cm³/mol. The van der Waals surface area contributed by atoms with E-state index in [1.807, 2.05) is 0 Å². The van der Waals surface area contributed by atoms with Gasteiger partial charge in [0.05, 0.1) is 7.11 Å². The molecule has 5 nitrogen and oxygen atoms in total. The van der Waals surface area contributed by atoms with Crippen molar-refractivity contribution in [2.24, 2.45) is 5.11 Å². The summed E-state index contributed by atoms with van der Waals surface area (Å²) < 4.78 is 5.08. The summed E-state index contributed by atoms with van der Waals surface area (Å²) in [5.41, 5.74) is 8.75. The Morgan fingerprint density at radius 3 is 2.50 bits per heavy atom. The molecule has 1 unspecified atom stereocenters. The van der Waals surface area contributed by atoms with Gasteiger partial charge in [0.25, 0.3) is 0 Å². The largest absolute Gasteiger partial charge is 0.497 e. The minimum Gasteiger partial charge on any atom is -0.497 e. The molecule has 110 valence electrons. The van der Waals surface area contributed by atoms with Gasteiger partial charge < -0.3 is 9.84 Å². The molecule has 5 heteroatoms. The van der Waals surface area contributed by atoms with Crippen LogP contribution in [0.2, 0.25) is 0 Å². The SMILES string of the molecule is COc1ccc(C#CC(C)(O)c2ccccc2N=[N+]=[N-])cc1. The Kier molecular flexibility index (Phi) is 4.70. The van der Waals surface area contributed by atoms with Crippen LogP contribution in [0.3, 0.4) is 0 Å². The molecule has 0 bridgehead atoms. The lowest BCUT2D eigenvalue weighted by molar-refractivity contribution is 0.123. The first-order valence-electron chi connectivity index (χ1n) is 6.61. The Labute approximate surface area is 128 Å². The number of hydrogen-bond donors (Lipinski definition) is 1. The lowest BCUT2D eigenvalue weighted by Crippen LogP contribution is -2.18. The highest BCUT2D eigenvalue weighted by atomic mass is 16.5. The van der Waals surface area contributed by atoms with Gasteiger partial charge in [-0.2, -0.15) is 0 Å². The molecular formula is C17H15N3O2. The van der Waals surface area contributed by atoms with Gasteiger partial charge in [0.1, 0.15) is 11.4 Å². The van der Waals surface area contributed by atoms with Crippen LogP contribution < -0.4 is 4.74 Å². The summed E-state index contributed by atoms with van der Waals surface area (Å²) in [4.78, 5) is 2.77. The standard InChI is InChI=1S/C17H15N3O2/c1-17(21,15-5-3-4-6-16(15)19-20-18)12-11-13-7-9-14(22-2)10-8-13/h3-10,21H,1-2H3. The van der Waals surface area contributed by atoms with Crippen molar-refractivity contribution in [3.8, 4) is 17.6 Å². The average Bonchev–Trinajstić information content (AvgIpc) is 2.54. The van der Waals surface area contributed by atoms with Crippen LogP contribution in [-0.2, 0) is 5.60 Å². The van der Waals surface area contributed by atoms with Crippen LogP contribution >= 0.6 is 0 Å². The van der Waals surface area contributed by atoms with Crippen LogP contribution in [0.1, 0.15) is 18.1 Å². The van der Waals surface area contributed by atoms with Crippen LogP contribution in [0.15, 0.2) is 53.6 Å². The first-order chi connectivity index (χ1) is 10.6. The molecule has 0 aliphatic rings. The van der Waals surface area contributed by atoms with Crippen molar-refractivity contribution in [2.45, 2.75) is 12.5 Å². The van der Waals surface area contributed by atoms with E-state index >= 15 is 0 Å². The van der Waals surface area contributed by atoms with Crippen molar-refractivity contribution in [3.63, 3.8) is 0 Å². The van der Waals surface area contributed by atoms with Gasteiger partial charge in [0.15, 0.2) is 0 Å². The number of hydrogen-bond acceptors (Lipinski definition) is 3. The summed E-state index contributed by atoms with van der Waals surface area (Å²) in [6.45, 7) is 1.56. The number of nitrogens with zero attached hydrogens (tertiary/aromatic N) is 3. The molecule has 0 amide bonds. The minimum atomic E-state index is -1.43. The van der Waals surface area contributed by atoms with Crippen LogP contribution in [0.4, 0.5) is 5.69 Å². The summed E-state index contributed by atoms with van der Waals surface area (Å²) in [5.74, 6) is 6.46. The van der Waals surface area contributed by atoms with Crippen molar-refractivity contribution in [1.29, 1.82) is 0 Å². The molecule has 0 fully saturated rings. The quantitative estimate of drug-likeness (QED) is 0.403. The van der Waals surface area contributed by atoms with Gasteiger partial charge in [-0.25, -0.2) is 0 Å². The number of ether oxygens (including phenoxy) is 1. The molecule has 0 saturated carbocycles. The van der Waals surface area contributed by atoms with Gasteiger partial charge in [-0.3, -0.25) is 0 Å². The summed E-state index contributed by atoms with van der Waals surface area (Å²) in [7, 11) is 1.60. The highest BCUT2D eigenvalue weighted by Crippen LogP contribution is 2.29. The monoisotopic (exact) mass is 293 g/mol. The summed E-state index contributed by atoms with van der Waals surface area (Å²) in [6, 6.07) is 14.0. The maximum atomic E-state index is 10.6. The molecule has 1 atom stereocenters. The van der Waals surface area contributed by atoms with Crippen LogP contribution in [0, 0.1) is 11.8 Å². The van der Waals surface area contributed by atoms with Gasteiger partial charge in [-0.05, 0) is 36.7 Å². The minimum absolute atomic E-state index is 0.360. The molecule has 1 N–H and O–H groups in total. The van der Waals surface area contributed by atoms with E-state index < -0.39 is 5.60 Å². The van der Waals surface area contributed by atoms with E-state index in [0.29, 0.717) is 11.3 Å². The zero-order valence-corrected chi connectivity index (χ0v) is 12.3. The Morgan fingerprint density at radius 2 is 1.86 bits per heavy atom. The third-order valence-corrected chi connectivity index (χ3v) is 3.12. The van der Waals surface area contributed by atoms with E-state index in [1.165, 1.54) is 0 Å². The van der Waals surface area contributed by atoms with Crippen molar-refractivity contribution in [2.75, 3.05) is 7.11 Å². The highest BCUT2D eigenvalue weighted by molar-refractivity contribution is 5.52. The van der Waals surface area contributed by atoms with Crippen molar-refractivity contribution in [1.82, 2.24) is 0 Å². The van der Waals surface area contributed by atoms with Crippen LogP contribution in [-0.4, -0.2) is 12.2 Å². The fraction of sp³-hybridized carbons (Fsp3) is 0.176. The predicted octanol–water partition coefficient (Wildman–Crippen LogP) is 3.90. The molecule has 0 aromatic heterocycles. The Morgan fingerprint density at radius 1 is 1.18 bits per heavy atom. The summed E-state index contributed by atoms with van der Waals surface area (Å²) in [6.07, 6.45) is 0. The molecule has 0 radical (unpaired) electrons. The van der Waals surface area contributed by atoms with Crippen molar-refractivity contribution < 1.29 is 9.84 Å². The topological polar surface area (TPSA) is 78.2 Å². The summed E-state index contributed by atoms with van der Waals surface area (Å²) in [5, 5.41) is 14.2. The van der Waals surface area contributed by atoms with E-state index in [1.54, 1.807) is 62.6 Å². The van der Waals surface area contributed by atoms with Gasteiger partial charge in [-0.1, -0.05) is 41.2 Å². The fourth-order valence-electron chi connectivity index (χ4n) is 1.96. The van der Waals surface area contributed by atoms with Crippen molar-refractivity contribution >= 4 is 5.69 Å². The second-order valence-electron chi connectivity index (χ2n) is 4.76. The average molecular weight is 293 g/mol. The van der Waals surface area contributed by atoms with E-state index in [9.17, 15) is 5.11 Å². The first-order valence-corrected chi connectivity index (χ1v) is 6.61. The molecule has 2 rings (SSSR count). The Balaban J connectivity index is 2.35. The van der Waals surface area contributed by atoms with Gasteiger partial charge in [0.2, 0.25) is 0 Å². The van der Waals surface area contributed by atoms with E-state index in [2.05, 4.69) is 21.9 Å². The Hall–Kier alpha value is -2.93. The maximum Gasteiger partial charge on any atom is 0.148 e. The molecule has 0 saturated heterocycles. The number of azide groups is 1. The lowest BCUT2D eigenvalue weighted by atomic mass is 9.94. The molecule has 0 heterocycles. The molecule has 2 aromatic rings. The third-order valence-electron chi connectivity index (χ3n) is 3.12. The second kappa shape index (κ2) is 6.68. The van der Waals surface area contributed by atoms with Crippen molar-refractivity contribution in [3.05, 3.63) is 70.1 Å². The Bertz CT molecular complexity index is 764. The fourth-order valence-corrected chi connectivity index (χ4v) is 1.96. The molecule has 0 aliphatic heterocycles. The molecule has 22 heavy (non-hydrogen) atoms. The van der Waals surface area contributed by atoms with E-state index in [0.717, 1.165) is 11.3 Å². The smallest absolute Gasteiger partial charge is 0.148 e. The molecule has 2 aromatic carbocycles. The highest BCUT2D eigenvalue weighted by Gasteiger charge is 2.22. The lowest BCUT2D eigenvalue weighted by Gasteiger charge is -2.18. The van der Waals surface area contributed by atoms with Crippen LogP contribution in [0.25, 0.3) is 10.4 Å². The zero-order chi connectivity index (χ0) is 16.0. The number of rotatable bonds is 3. The number of methoxy groups -OCH3 is 1.